The molecule has 68 valence electrons. The van der Waals surface area contributed by atoms with E-state index >= 15 is 0 Å². The van der Waals surface area contributed by atoms with E-state index in [1.54, 1.807) is 18.2 Å². The summed E-state index contributed by atoms with van der Waals surface area (Å²) >= 11 is 9.95. The van der Waals surface area contributed by atoms with Crippen LogP contribution >= 0.6 is 24.2 Å². The quantitative estimate of drug-likeness (QED) is 0.417. The van der Waals surface area contributed by atoms with Gasteiger partial charge in [0.15, 0.2) is 0 Å². The highest BCUT2D eigenvalue weighted by Gasteiger charge is 1.95. The van der Waals surface area contributed by atoms with E-state index in [1.807, 2.05) is 0 Å². The molecule has 0 radical (unpaired) electrons. The number of rotatable bonds is 1. The normalized spacial score (nSPS) is 9.08. The smallest absolute Gasteiger partial charge is 0.0564 e. The summed E-state index contributed by atoms with van der Waals surface area (Å²) in [6.07, 6.45) is 0.758. The van der Waals surface area contributed by atoms with Crippen molar-refractivity contribution in [3.05, 3.63) is 28.8 Å². The first-order valence-corrected chi connectivity index (χ1v) is 4.90. The van der Waals surface area contributed by atoms with E-state index < -0.39 is 0 Å². The molecule has 1 nitrogen and oxygen atoms in total. The highest BCUT2D eigenvalue weighted by Crippen LogP contribution is 2.17. The Bertz CT molecular complexity index is 352. The molecule has 0 saturated carbocycles. The predicted octanol–water partition coefficient (Wildman–Crippen LogP) is 2.59. The Morgan fingerprint density at radius 1 is 1.46 bits per heavy atom. The number of benzene rings is 1. The number of hydrogen-bond acceptors (Lipinski definition) is 2. The molecule has 1 aromatic rings. The maximum Gasteiger partial charge on any atom is 0.0564 e. The lowest BCUT2D eigenvalue weighted by molar-refractivity contribution is 1.31. The van der Waals surface area contributed by atoms with Crippen LogP contribution in [0.2, 0.25) is 5.02 Å². The summed E-state index contributed by atoms with van der Waals surface area (Å²) in [5.74, 6) is 6.65. The Balaban J connectivity index is 2.89. The molecule has 0 atom stereocenters. The van der Waals surface area contributed by atoms with E-state index in [2.05, 4.69) is 24.5 Å². The van der Waals surface area contributed by atoms with Crippen molar-refractivity contribution in [2.75, 3.05) is 11.5 Å². The minimum absolute atomic E-state index is 0.640. The highest BCUT2D eigenvalue weighted by atomic mass is 35.5. The second-order valence-electron chi connectivity index (χ2n) is 2.51. The zero-order chi connectivity index (χ0) is 9.68. The first-order valence-electron chi connectivity index (χ1n) is 3.89. The number of thiol groups is 1. The van der Waals surface area contributed by atoms with Crippen LogP contribution in [0.5, 0.6) is 0 Å². The van der Waals surface area contributed by atoms with Gasteiger partial charge in [-0.15, -0.1) is 0 Å². The van der Waals surface area contributed by atoms with Gasteiger partial charge in [0, 0.05) is 23.4 Å². The molecule has 0 aliphatic rings. The van der Waals surface area contributed by atoms with Crippen molar-refractivity contribution in [3.63, 3.8) is 0 Å². The van der Waals surface area contributed by atoms with Crippen molar-refractivity contribution >= 4 is 29.9 Å². The maximum absolute atomic E-state index is 5.90. The summed E-state index contributed by atoms with van der Waals surface area (Å²) in [4.78, 5) is 0. The molecular weight excluding hydrogens is 202 g/mol. The topological polar surface area (TPSA) is 26.0 Å². The molecule has 0 spiro atoms. The third-order valence-corrected chi connectivity index (χ3v) is 2.00. The van der Waals surface area contributed by atoms with Crippen molar-refractivity contribution in [2.24, 2.45) is 0 Å². The molecule has 0 saturated heterocycles. The molecule has 0 bridgehead atoms. The number of halogens is 1. The second-order valence-corrected chi connectivity index (χ2v) is 3.37. The van der Waals surface area contributed by atoms with Crippen molar-refractivity contribution in [1.29, 1.82) is 0 Å². The minimum Gasteiger partial charge on any atom is -0.399 e. The summed E-state index contributed by atoms with van der Waals surface area (Å²) in [6.45, 7) is 0. The fraction of sp³-hybridized carbons (Fsp3) is 0.200. The van der Waals surface area contributed by atoms with Crippen LogP contribution in [0.4, 0.5) is 5.69 Å². The lowest BCUT2D eigenvalue weighted by atomic mass is 10.2. The molecule has 0 heterocycles. The Kier molecular flexibility index (Phi) is 4.01. The molecule has 0 aliphatic carbocycles. The van der Waals surface area contributed by atoms with Crippen LogP contribution in [0.1, 0.15) is 12.0 Å². The number of nitrogens with two attached hydrogens (primary N) is 1. The molecule has 3 heteroatoms. The van der Waals surface area contributed by atoms with E-state index in [4.69, 9.17) is 17.3 Å². The van der Waals surface area contributed by atoms with E-state index in [0.717, 1.165) is 17.7 Å². The van der Waals surface area contributed by atoms with Crippen LogP contribution in [0, 0.1) is 11.8 Å². The molecule has 1 aromatic carbocycles. The van der Waals surface area contributed by atoms with Gasteiger partial charge in [-0.05, 0) is 18.2 Å². The van der Waals surface area contributed by atoms with Crippen LogP contribution in [-0.4, -0.2) is 5.75 Å². The molecule has 1 rings (SSSR count). The van der Waals surface area contributed by atoms with Gasteiger partial charge in [0.25, 0.3) is 0 Å². The molecule has 0 fully saturated rings. The van der Waals surface area contributed by atoms with Crippen LogP contribution in [0.25, 0.3) is 0 Å². The van der Waals surface area contributed by atoms with Crippen LogP contribution < -0.4 is 5.73 Å². The Morgan fingerprint density at radius 3 is 2.92 bits per heavy atom. The molecule has 13 heavy (non-hydrogen) atoms. The van der Waals surface area contributed by atoms with E-state index in [0.29, 0.717) is 10.7 Å². The Labute approximate surface area is 88.7 Å². The summed E-state index contributed by atoms with van der Waals surface area (Å²) in [5.41, 5.74) is 7.05. The Morgan fingerprint density at radius 2 is 2.23 bits per heavy atom. The first-order chi connectivity index (χ1) is 6.24. The highest BCUT2D eigenvalue weighted by molar-refractivity contribution is 7.80. The van der Waals surface area contributed by atoms with Gasteiger partial charge >= 0.3 is 0 Å². The SMILES string of the molecule is Nc1ccc(Cl)c(C#CCCS)c1. The van der Waals surface area contributed by atoms with Gasteiger partial charge in [0.1, 0.15) is 0 Å². The van der Waals surface area contributed by atoms with E-state index in [-0.39, 0.29) is 0 Å². The average Bonchev–Trinajstić information content (AvgIpc) is 2.11. The summed E-state index contributed by atoms with van der Waals surface area (Å²) < 4.78 is 0. The molecule has 0 aromatic heterocycles. The first kappa shape index (κ1) is 10.3. The fourth-order valence-electron chi connectivity index (χ4n) is 0.852. The molecule has 0 aliphatic heterocycles. The molecule has 0 unspecified atom stereocenters. The largest absolute Gasteiger partial charge is 0.399 e. The fourth-order valence-corrected chi connectivity index (χ4v) is 1.13. The van der Waals surface area contributed by atoms with Crippen LogP contribution in [0.15, 0.2) is 18.2 Å². The van der Waals surface area contributed by atoms with Gasteiger partial charge in [0.2, 0.25) is 0 Å². The number of nitrogen functional groups attached to an aromatic ring is 1. The van der Waals surface area contributed by atoms with Crippen molar-refractivity contribution in [3.8, 4) is 11.8 Å². The van der Waals surface area contributed by atoms with Gasteiger partial charge < -0.3 is 5.73 Å². The molecule has 2 N–H and O–H groups in total. The van der Waals surface area contributed by atoms with Crippen molar-refractivity contribution < 1.29 is 0 Å². The summed E-state index contributed by atoms with van der Waals surface area (Å²) in [5, 5.41) is 0.640. The Hall–Kier alpha value is -0.780. The van der Waals surface area contributed by atoms with Gasteiger partial charge in [-0.1, -0.05) is 23.4 Å². The maximum atomic E-state index is 5.90. The van der Waals surface area contributed by atoms with E-state index in [9.17, 15) is 0 Å². The van der Waals surface area contributed by atoms with Gasteiger partial charge in [-0.25, -0.2) is 0 Å². The summed E-state index contributed by atoms with van der Waals surface area (Å²) in [6, 6.07) is 5.28. The monoisotopic (exact) mass is 211 g/mol. The van der Waals surface area contributed by atoms with Gasteiger partial charge in [0.05, 0.1) is 5.02 Å². The molecular formula is C10H10ClNS. The number of anilines is 1. The van der Waals surface area contributed by atoms with Gasteiger partial charge in [-0.2, -0.15) is 12.6 Å². The van der Waals surface area contributed by atoms with Crippen molar-refractivity contribution in [1.82, 2.24) is 0 Å². The van der Waals surface area contributed by atoms with Crippen molar-refractivity contribution in [2.45, 2.75) is 6.42 Å². The lowest BCUT2D eigenvalue weighted by Gasteiger charge is -1.96. The lowest BCUT2D eigenvalue weighted by Crippen LogP contribution is -1.86. The minimum atomic E-state index is 0.640. The third kappa shape index (κ3) is 3.22. The average molecular weight is 212 g/mol. The zero-order valence-electron chi connectivity index (χ0n) is 7.05. The third-order valence-electron chi connectivity index (χ3n) is 1.45. The molecule has 0 amide bonds. The van der Waals surface area contributed by atoms with Gasteiger partial charge in [-0.3, -0.25) is 0 Å². The van der Waals surface area contributed by atoms with E-state index in [1.165, 1.54) is 0 Å². The predicted molar refractivity (Wildman–Crippen MR) is 61.2 cm³/mol. The standard InChI is InChI=1S/C10H10ClNS/c11-10-5-4-9(12)7-8(10)3-1-2-6-13/h4-5,7,13H,2,6,12H2. The zero-order valence-corrected chi connectivity index (χ0v) is 8.70. The summed E-state index contributed by atoms with van der Waals surface area (Å²) in [7, 11) is 0. The second kappa shape index (κ2) is 5.06. The van der Waals surface area contributed by atoms with Crippen LogP contribution in [-0.2, 0) is 0 Å². The number of hydrogen-bond donors (Lipinski definition) is 2. The van der Waals surface area contributed by atoms with Crippen LogP contribution in [0.3, 0.4) is 0 Å².